The summed E-state index contributed by atoms with van der Waals surface area (Å²) in [4.78, 5) is 15.3. The zero-order chi connectivity index (χ0) is 14.5. The van der Waals surface area contributed by atoms with Crippen molar-refractivity contribution < 1.29 is 4.79 Å². The number of carbonyl (C=O) groups is 1. The second-order valence-electron chi connectivity index (χ2n) is 5.73. The van der Waals surface area contributed by atoms with Gasteiger partial charge in [-0.15, -0.1) is 0 Å². The van der Waals surface area contributed by atoms with Gasteiger partial charge in [-0.25, -0.2) is 0 Å². The molecule has 0 radical (unpaired) electrons. The molecular weight excluding hydrogens is 256 g/mol. The van der Waals surface area contributed by atoms with Gasteiger partial charge in [0, 0.05) is 13.1 Å². The van der Waals surface area contributed by atoms with Crippen molar-refractivity contribution in [2.75, 3.05) is 13.1 Å². The maximum Gasteiger partial charge on any atom is 0.235 e. The Morgan fingerprint density at radius 3 is 2.11 bits per heavy atom. The first-order valence-corrected chi connectivity index (χ1v) is 8.01. The van der Waals surface area contributed by atoms with Gasteiger partial charge >= 0.3 is 0 Å². The number of nitrogens with two attached hydrogens (primary N) is 1. The van der Waals surface area contributed by atoms with E-state index in [9.17, 15) is 4.79 Å². The van der Waals surface area contributed by atoms with Gasteiger partial charge in [0.1, 0.15) is 0 Å². The molecule has 0 aromatic rings. The summed E-state index contributed by atoms with van der Waals surface area (Å²) in [5.74, 6) is 0.870. The molecule has 0 bridgehead atoms. The Bertz CT molecular complexity index is 320. The largest absolute Gasteiger partial charge is 0.392 e. The van der Waals surface area contributed by atoms with E-state index in [1.807, 2.05) is 11.8 Å². The predicted molar refractivity (Wildman–Crippen MR) is 84.0 cm³/mol. The van der Waals surface area contributed by atoms with Crippen molar-refractivity contribution in [2.24, 2.45) is 17.1 Å². The first-order chi connectivity index (χ1) is 9.01. The molecule has 1 aliphatic carbocycles. The van der Waals surface area contributed by atoms with E-state index >= 15 is 0 Å². The molecule has 1 rings (SSSR count). The fraction of sp³-hybridized carbons (Fsp3) is 0.867. The van der Waals surface area contributed by atoms with Crippen LogP contribution in [0.4, 0.5) is 0 Å². The van der Waals surface area contributed by atoms with E-state index in [4.69, 9.17) is 18.0 Å². The van der Waals surface area contributed by atoms with Gasteiger partial charge < -0.3 is 10.6 Å². The molecule has 1 saturated carbocycles. The Morgan fingerprint density at radius 2 is 1.79 bits per heavy atom. The van der Waals surface area contributed by atoms with Gasteiger partial charge in [0.2, 0.25) is 5.91 Å². The molecule has 1 fully saturated rings. The van der Waals surface area contributed by atoms with Crippen LogP contribution < -0.4 is 5.73 Å². The number of nitrogens with zero attached hydrogens (tertiary/aromatic N) is 1. The highest BCUT2D eigenvalue weighted by molar-refractivity contribution is 7.80. The maximum atomic E-state index is 12.9. The summed E-state index contributed by atoms with van der Waals surface area (Å²) < 4.78 is 0. The zero-order valence-corrected chi connectivity index (χ0v) is 13.4. The normalized spacial score (nSPS) is 15.3. The quantitative estimate of drug-likeness (QED) is 0.662. The molecule has 0 atom stereocenters. The van der Waals surface area contributed by atoms with E-state index < -0.39 is 5.41 Å². The summed E-state index contributed by atoms with van der Waals surface area (Å²) in [6.45, 7) is 7.86. The molecule has 0 heterocycles. The third kappa shape index (κ3) is 3.91. The average molecular weight is 284 g/mol. The van der Waals surface area contributed by atoms with Gasteiger partial charge in [0.15, 0.2) is 0 Å². The SMILES string of the molecule is CCCC(CCC)(C(=O)N(CC)CC1CC1)C(N)=S. The van der Waals surface area contributed by atoms with Crippen LogP contribution in [0.15, 0.2) is 0 Å². The van der Waals surface area contributed by atoms with Crippen LogP contribution in [-0.4, -0.2) is 28.9 Å². The molecule has 19 heavy (non-hydrogen) atoms. The molecule has 0 unspecified atom stereocenters. The van der Waals surface area contributed by atoms with E-state index in [0.717, 1.165) is 38.8 Å². The van der Waals surface area contributed by atoms with Crippen LogP contribution in [-0.2, 0) is 4.79 Å². The van der Waals surface area contributed by atoms with Gasteiger partial charge in [0.05, 0.1) is 10.4 Å². The molecule has 110 valence electrons. The van der Waals surface area contributed by atoms with Crippen LogP contribution in [0.2, 0.25) is 0 Å². The van der Waals surface area contributed by atoms with Crippen LogP contribution in [0.1, 0.15) is 59.3 Å². The predicted octanol–water partition coefficient (Wildman–Crippen LogP) is 3.12. The van der Waals surface area contributed by atoms with Gasteiger partial charge in [-0.05, 0) is 38.5 Å². The van der Waals surface area contributed by atoms with Gasteiger partial charge in [-0.2, -0.15) is 0 Å². The van der Waals surface area contributed by atoms with E-state index in [1.165, 1.54) is 12.8 Å². The molecule has 0 spiro atoms. The van der Waals surface area contributed by atoms with Crippen LogP contribution >= 0.6 is 12.2 Å². The molecule has 0 saturated heterocycles. The average Bonchev–Trinajstić information content (AvgIpc) is 3.18. The molecule has 3 nitrogen and oxygen atoms in total. The summed E-state index contributed by atoms with van der Waals surface area (Å²) in [6, 6.07) is 0. The lowest BCUT2D eigenvalue weighted by Crippen LogP contribution is -2.51. The monoisotopic (exact) mass is 284 g/mol. The summed E-state index contributed by atoms with van der Waals surface area (Å²) in [5.41, 5.74) is 5.36. The molecule has 0 aromatic heterocycles. The maximum absolute atomic E-state index is 12.9. The standard InChI is InChI=1S/C15H28N2OS/c1-4-9-15(10-5-2,13(16)19)14(18)17(6-3)11-12-7-8-12/h12H,4-11H2,1-3H3,(H2,16,19). The Balaban J connectivity index is 2.91. The molecule has 1 amide bonds. The first-order valence-electron chi connectivity index (χ1n) is 7.61. The molecule has 0 aromatic carbocycles. The number of carbonyl (C=O) groups excluding carboxylic acids is 1. The van der Waals surface area contributed by atoms with E-state index in [0.29, 0.717) is 10.9 Å². The van der Waals surface area contributed by atoms with Crippen molar-refractivity contribution in [3.05, 3.63) is 0 Å². The number of amides is 1. The Kier molecular flexibility index (Phi) is 6.24. The van der Waals surface area contributed by atoms with Crippen molar-refractivity contribution in [3.8, 4) is 0 Å². The van der Waals surface area contributed by atoms with Crippen LogP contribution in [0.25, 0.3) is 0 Å². The van der Waals surface area contributed by atoms with E-state index in [-0.39, 0.29) is 5.91 Å². The lowest BCUT2D eigenvalue weighted by molar-refractivity contribution is -0.139. The number of rotatable bonds is 9. The molecule has 4 heteroatoms. The van der Waals surface area contributed by atoms with Crippen molar-refractivity contribution in [1.29, 1.82) is 0 Å². The second kappa shape index (κ2) is 7.22. The lowest BCUT2D eigenvalue weighted by atomic mass is 9.77. The minimum atomic E-state index is -0.607. The van der Waals surface area contributed by atoms with Crippen LogP contribution in [0.3, 0.4) is 0 Å². The third-order valence-corrected chi connectivity index (χ3v) is 4.47. The van der Waals surface area contributed by atoms with Gasteiger partial charge in [-0.1, -0.05) is 38.9 Å². The fourth-order valence-corrected chi connectivity index (χ4v) is 3.11. The zero-order valence-electron chi connectivity index (χ0n) is 12.6. The third-order valence-electron chi connectivity index (χ3n) is 4.08. The highest BCUT2D eigenvalue weighted by Gasteiger charge is 2.43. The van der Waals surface area contributed by atoms with Crippen molar-refractivity contribution in [3.63, 3.8) is 0 Å². The van der Waals surface area contributed by atoms with Crippen molar-refractivity contribution >= 4 is 23.1 Å². The summed E-state index contributed by atoms with van der Waals surface area (Å²) >= 11 is 5.26. The van der Waals surface area contributed by atoms with Crippen LogP contribution in [0.5, 0.6) is 0 Å². The summed E-state index contributed by atoms with van der Waals surface area (Å²) in [5, 5.41) is 0. The minimum Gasteiger partial charge on any atom is -0.392 e. The Morgan fingerprint density at radius 1 is 1.26 bits per heavy atom. The summed E-state index contributed by atoms with van der Waals surface area (Å²) in [7, 11) is 0. The van der Waals surface area contributed by atoms with Gasteiger partial charge in [-0.3, -0.25) is 4.79 Å². The number of thiocarbonyl (C=S) groups is 1. The van der Waals surface area contributed by atoms with Crippen molar-refractivity contribution in [2.45, 2.75) is 59.3 Å². The number of hydrogen-bond donors (Lipinski definition) is 1. The highest BCUT2D eigenvalue weighted by Crippen LogP contribution is 2.35. The highest BCUT2D eigenvalue weighted by atomic mass is 32.1. The number of hydrogen-bond acceptors (Lipinski definition) is 2. The Hall–Kier alpha value is -0.640. The first kappa shape index (κ1) is 16.4. The van der Waals surface area contributed by atoms with Gasteiger partial charge in [0.25, 0.3) is 0 Å². The lowest BCUT2D eigenvalue weighted by Gasteiger charge is -2.36. The topological polar surface area (TPSA) is 46.3 Å². The smallest absolute Gasteiger partial charge is 0.235 e. The molecule has 0 aliphatic heterocycles. The molecule has 1 aliphatic rings. The Labute approximate surface area is 122 Å². The van der Waals surface area contributed by atoms with E-state index in [1.54, 1.807) is 0 Å². The van der Waals surface area contributed by atoms with Crippen molar-refractivity contribution in [1.82, 2.24) is 4.90 Å². The summed E-state index contributed by atoms with van der Waals surface area (Å²) in [6.07, 6.45) is 5.93. The minimum absolute atomic E-state index is 0.165. The van der Waals surface area contributed by atoms with E-state index in [2.05, 4.69) is 13.8 Å². The molecule has 2 N–H and O–H groups in total. The second-order valence-corrected chi connectivity index (χ2v) is 6.17. The molecular formula is C15H28N2OS. The fourth-order valence-electron chi connectivity index (χ4n) is 2.81. The van der Waals surface area contributed by atoms with Crippen LogP contribution in [0, 0.1) is 11.3 Å².